The van der Waals surface area contributed by atoms with E-state index in [9.17, 15) is 4.79 Å². The highest BCUT2D eigenvalue weighted by atomic mass is 16.5. The first kappa shape index (κ1) is 19.7. The van der Waals surface area contributed by atoms with Crippen molar-refractivity contribution in [2.24, 2.45) is 0 Å². The van der Waals surface area contributed by atoms with Gasteiger partial charge in [0.15, 0.2) is 5.82 Å². The molecule has 0 saturated carbocycles. The van der Waals surface area contributed by atoms with Crippen molar-refractivity contribution >= 4 is 5.91 Å². The molecule has 1 amide bonds. The van der Waals surface area contributed by atoms with Crippen LogP contribution in [0.4, 0.5) is 0 Å². The van der Waals surface area contributed by atoms with Crippen molar-refractivity contribution in [1.82, 2.24) is 24.6 Å². The highest BCUT2D eigenvalue weighted by Gasteiger charge is 2.33. The Morgan fingerprint density at radius 1 is 1.10 bits per heavy atom. The molecule has 3 heterocycles. The van der Waals surface area contributed by atoms with Crippen molar-refractivity contribution in [3.8, 4) is 11.5 Å². The number of benzene rings is 1. The zero-order valence-electron chi connectivity index (χ0n) is 17.4. The predicted molar refractivity (Wildman–Crippen MR) is 108 cm³/mol. The summed E-state index contributed by atoms with van der Waals surface area (Å²) in [7, 11) is 3.38. The van der Waals surface area contributed by atoms with Crippen LogP contribution in [0.25, 0.3) is 0 Å². The molecule has 0 bridgehead atoms. The van der Waals surface area contributed by atoms with E-state index >= 15 is 0 Å². The van der Waals surface area contributed by atoms with Gasteiger partial charge >= 0.3 is 0 Å². The fraction of sp³-hybridized carbons (Fsp3) is 0.571. The van der Waals surface area contributed by atoms with Gasteiger partial charge in [-0.3, -0.25) is 9.69 Å². The second kappa shape index (κ2) is 8.41. The van der Waals surface area contributed by atoms with Gasteiger partial charge in [-0.2, -0.15) is 0 Å². The van der Waals surface area contributed by atoms with Crippen LogP contribution in [0.1, 0.15) is 43.0 Å². The minimum Gasteiger partial charge on any atom is -0.496 e. The molecule has 0 unspecified atom stereocenters. The number of likely N-dealkylation sites (tertiary alicyclic amines) is 1. The molecule has 8 nitrogen and oxygen atoms in total. The average molecular weight is 399 g/mol. The predicted octanol–water partition coefficient (Wildman–Crippen LogP) is 2.04. The van der Waals surface area contributed by atoms with E-state index in [0.29, 0.717) is 0 Å². The van der Waals surface area contributed by atoms with E-state index in [1.54, 1.807) is 21.1 Å². The molecule has 2 aliphatic rings. The molecule has 4 rings (SSSR count). The number of rotatable bonds is 5. The van der Waals surface area contributed by atoms with Gasteiger partial charge in [-0.1, -0.05) is 6.07 Å². The molecule has 1 aromatic heterocycles. The van der Waals surface area contributed by atoms with Crippen LogP contribution in [0.3, 0.4) is 0 Å². The number of hydrogen-bond donors (Lipinski definition) is 0. The molecule has 0 N–H and O–H groups in total. The summed E-state index contributed by atoms with van der Waals surface area (Å²) in [5.74, 6) is 3.74. The monoisotopic (exact) mass is 399 g/mol. The largest absolute Gasteiger partial charge is 0.496 e. The second-order valence-corrected chi connectivity index (χ2v) is 7.66. The van der Waals surface area contributed by atoms with Gasteiger partial charge in [0.2, 0.25) is 5.91 Å². The Kier molecular flexibility index (Phi) is 5.71. The standard InChI is InChI=1S/C21H29N5O3/c1-15(27)25-10-5-6-17(25)21-23-22-20-9-11-24(12-13-26(20)21)14-16-18(28-2)7-4-8-19(16)29-3/h4,7-8,17H,5-6,9-14H2,1-3H3/t17-/m1/s1. The normalized spacial score (nSPS) is 19.7. The first-order valence-electron chi connectivity index (χ1n) is 10.2. The number of methoxy groups -OCH3 is 2. The fourth-order valence-corrected chi connectivity index (χ4v) is 4.51. The van der Waals surface area contributed by atoms with Gasteiger partial charge in [-0.05, 0) is 25.0 Å². The number of carbonyl (C=O) groups is 1. The Balaban J connectivity index is 1.52. The SMILES string of the molecule is COc1cccc(OC)c1CN1CCc2nnc([C@H]3CCCN3C(C)=O)n2CC1. The van der Waals surface area contributed by atoms with E-state index in [2.05, 4.69) is 19.7 Å². The number of amides is 1. The fourth-order valence-electron chi connectivity index (χ4n) is 4.51. The van der Waals surface area contributed by atoms with Crippen molar-refractivity contribution in [3.05, 3.63) is 35.4 Å². The van der Waals surface area contributed by atoms with Crippen LogP contribution in [-0.2, 0) is 24.3 Å². The van der Waals surface area contributed by atoms with E-state index in [0.717, 1.165) is 80.7 Å². The summed E-state index contributed by atoms with van der Waals surface area (Å²) in [5.41, 5.74) is 1.06. The molecular weight excluding hydrogens is 370 g/mol. The van der Waals surface area contributed by atoms with Crippen LogP contribution >= 0.6 is 0 Å². The topological polar surface area (TPSA) is 72.7 Å². The maximum absolute atomic E-state index is 12.0. The van der Waals surface area contributed by atoms with E-state index in [1.165, 1.54) is 0 Å². The van der Waals surface area contributed by atoms with Gasteiger partial charge < -0.3 is 18.9 Å². The highest BCUT2D eigenvalue weighted by molar-refractivity contribution is 5.74. The number of aromatic nitrogens is 3. The van der Waals surface area contributed by atoms with Gasteiger partial charge in [-0.15, -0.1) is 10.2 Å². The quantitative estimate of drug-likeness (QED) is 0.766. The number of ether oxygens (including phenoxy) is 2. The van der Waals surface area contributed by atoms with Crippen LogP contribution < -0.4 is 9.47 Å². The summed E-state index contributed by atoms with van der Waals surface area (Å²) in [6.07, 6.45) is 2.81. The average Bonchev–Trinajstić information content (AvgIpc) is 3.32. The maximum atomic E-state index is 12.0. The molecule has 8 heteroatoms. The lowest BCUT2D eigenvalue weighted by Gasteiger charge is -2.24. The zero-order chi connectivity index (χ0) is 20.4. The molecule has 1 saturated heterocycles. The van der Waals surface area contributed by atoms with E-state index in [-0.39, 0.29) is 11.9 Å². The minimum absolute atomic E-state index is 0.0506. The van der Waals surface area contributed by atoms with Crippen molar-refractivity contribution < 1.29 is 14.3 Å². The molecular formula is C21H29N5O3. The summed E-state index contributed by atoms with van der Waals surface area (Å²) < 4.78 is 13.3. The molecule has 0 aliphatic carbocycles. The molecule has 1 fully saturated rings. The van der Waals surface area contributed by atoms with Gasteiger partial charge in [0.05, 0.1) is 25.8 Å². The molecule has 0 spiro atoms. The van der Waals surface area contributed by atoms with Gasteiger partial charge in [-0.25, -0.2) is 0 Å². The number of hydrogen-bond acceptors (Lipinski definition) is 6. The molecule has 1 aromatic carbocycles. The smallest absolute Gasteiger partial charge is 0.220 e. The lowest BCUT2D eigenvalue weighted by molar-refractivity contribution is -0.129. The minimum atomic E-state index is 0.0506. The Labute approximate surface area is 171 Å². The molecule has 0 radical (unpaired) electrons. The summed E-state index contributed by atoms with van der Waals surface area (Å²) >= 11 is 0. The van der Waals surface area contributed by atoms with Crippen LogP contribution in [0.15, 0.2) is 18.2 Å². The molecule has 1 atom stereocenters. The lowest BCUT2D eigenvalue weighted by atomic mass is 10.1. The Morgan fingerprint density at radius 3 is 2.55 bits per heavy atom. The number of fused-ring (bicyclic) bond motifs is 1. The van der Waals surface area contributed by atoms with Gasteiger partial charge in [0, 0.05) is 46.1 Å². The Hall–Kier alpha value is -2.61. The van der Waals surface area contributed by atoms with Crippen molar-refractivity contribution in [1.29, 1.82) is 0 Å². The number of nitrogens with zero attached hydrogens (tertiary/aromatic N) is 5. The summed E-state index contributed by atoms with van der Waals surface area (Å²) in [4.78, 5) is 16.3. The van der Waals surface area contributed by atoms with Gasteiger partial charge in [0.1, 0.15) is 17.3 Å². The first-order chi connectivity index (χ1) is 14.1. The van der Waals surface area contributed by atoms with E-state index in [4.69, 9.17) is 9.47 Å². The van der Waals surface area contributed by atoms with Crippen molar-refractivity contribution in [2.45, 2.75) is 45.3 Å². The number of carbonyl (C=O) groups excluding carboxylic acids is 1. The molecule has 29 heavy (non-hydrogen) atoms. The molecule has 2 aromatic rings. The lowest BCUT2D eigenvalue weighted by Crippen LogP contribution is -2.31. The van der Waals surface area contributed by atoms with Crippen LogP contribution in [0.2, 0.25) is 0 Å². The third-order valence-electron chi connectivity index (χ3n) is 6.01. The summed E-state index contributed by atoms with van der Waals surface area (Å²) in [5, 5.41) is 8.94. The Bertz CT molecular complexity index is 859. The van der Waals surface area contributed by atoms with Crippen LogP contribution in [0.5, 0.6) is 11.5 Å². The van der Waals surface area contributed by atoms with E-state index < -0.39 is 0 Å². The summed E-state index contributed by atoms with van der Waals surface area (Å²) in [6.45, 7) is 5.79. The second-order valence-electron chi connectivity index (χ2n) is 7.66. The van der Waals surface area contributed by atoms with E-state index in [1.807, 2.05) is 23.1 Å². The first-order valence-corrected chi connectivity index (χ1v) is 10.2. The van der Waals surface area contributed by atoms with Crippen LogP contribution in [0, 0.1) is 0 Å². The molecule has 2 aliphatic heterocycles. The third-order valence-corrected chi connectivity index (χ3v) is 6.01. The maximum Gasteiger partial charge on any atom is 0.220 e. The molecule has 156 valence electrons. The highest BCUT2D eigenvalue weighted by Crippen LogP contribution is 2.33. The zero-order valence-corrected chi connectivity index (χ0v) is 17.4. The van der Waals surface area contributed by atoms with Gasteiger partial charge in [0.25, 0.3) is 0 Å². The third kappa shape index (κ3) is 3.81. The van der Waals surface area contributed by atoms with Crippen molar-refractivity contribution in [2.75, 3.05) is 33.9 Å². The summed E-state index contributed by atoms with van der Waals surface area (Å²) in [6, 6.07) is 5.94. The Morgan fingerprint density at radius 2 is 1.86 bits per heavy atom. The van der Waals surface area contributed by atoms with Crippen molar-refractivity contribution in [3.63, 3.8) is 0 Å². The van der Waals surface area contributed by atoms with Crippen LogP contribution in [-0.4, -0.2) is 64.3 Å².